The number of carbonyl (C=O) groups is 2. The Morgan fingerprint density at radius 3 is 2.50 bits per heavy atom. The van der Waals surface area contributed by atoms with Gasteiger partial charge in [-0.2, -0.15) is 0 Å². The van der Waals surface area contributed by atoms with Crippen LogP contribution in [0.1, 0.15) is 15.9 Å². The van der Waals surface area contributed by atoms with E-state index in [4.69, 9.17) is 9.47 Å². The summed E-state index contributed by atoms with van der Waals surface area (Å²) in [5.41, 5.74) is 1.60. The van der Waals surface area contributed by atoms with Gasteiger partial charge in [-0.15, -0.1) is 0 Å². The number of benzene rings is 2. The summed E-state index contributed by atoms with van der Waals surface area (Å²) in [6, 6.07) is 14.6. The first kappa shape index (κ1) is 17.5. The topological polar surface area (TPSA) is 55.8 Å². The van der Waals surface area contributed by atoms with Gasteiger partial charge in [-0.3, -0.25) is 9.59 Å². The molecule has 2 aromatic carbocycles. The lowest BCUT2D eigenvalue weighted by Crippen LogP contribution is -2.34. The predicted octanol–water partition coefficient (Wildman–Crippen LogP) is 2.72. The van der Waals surface area contributed by atoms with Gasteiger partial charge in [0, 0.05) is 7.05 Å². The average molecular weight is 327 g/mol. The summed E-state index contributed by atoms with van der Waals surface area (Å²) in [6.07, 6.45) is 0.707. The van der Waals surface area contributed by atoms with E-state index in [1.54, 1.807) is 31.3 Å². The highest BCUT2D eigenvalue weighted by Gasteiger charge is 2.11. The number of amides is 1. The molecule has 0 radical (unpaired) electrons. The smallest absolute Gasteiger partial charge is 0.260 e. The minimum atomic E-state index is -0.178. The summed E-state index contributed by atoms with van der Waals surface area (Å²) in [7, 11) is 1.69. The van der Waals surface area contributed by atoms with Gasteiger partial charge in [-0.05, 0) is 31.2 Å². The third kappa shape index (κ3) is 5.12. The van der Waals surface area contributed by atoms with E-state index in [1.165, 1.54) is 10.5 Å². The van der Waals surface area contributed by atoms with Crippen LogP contribution < -0.4 is 9.47 Å². The lowest BCUT2D eigenvalue weighted by Gasteiger charge is -2.18. The van der Waals surface area contributed by atoms with Gasteiger partial charge in [0.25, 0.3) is 5.91 Å². The monoisotopic (exact) mass is 327 g/mol. The van der Waals surface area contributed by atoms with Crippen molar-refractivity contribution in [1.29, 1.82) is 0 Å². The van der Waals surface area contributed by atoms with E-state index in [0.29, 0.717) is 30.8 Å². The van der Waals surface area contributed by atoms with Gasteiger partial charge in [-0.25, -0.2) is 0 Å². The Labute approximate surface area is 141 Å². The van der Waals surface area contributed by atoms with E-state index >= 15 is 0 Å². The molecule has 5 nitrogen and oxygen atoms in total. The molecule has 0 spiro atoms. The third-order valence-corrected chi connectivity index (χ3v) is 3.54. The van der Waals surface area contributed by atoms with Crippen molar-refractivity contribution in [3.05, 3.63) is 59.7 Å². The number of rotatable bonds is 8. The van der Waals surface area contributed by atoms with Crippen LogP contribution in [0.5, 0.6) is 11.5 Å². The second-order valence-corrected chi connectivity index (χ2v) is 5.42. The average Bonchev–Trinajstić information content (AvgIpc) is 2.61. The van der Waals surface area contributed by atoms with Crippen LogP contribution in [0.2, 0.25) is 0 Å². The highest BCUT2D eigenvalue weighted by atomic mass is 16.5. The first-order valence-electron chi connectivity index (χ1n) is 7.70. The van der Waals surface area contributed by atoms with Gasteiger partial charge in [0.2, 0.25) is 0 Å². The Bertz CT molecular complexity index is 682. The predicted molar refractivity (Wildman–Crippen MR) is 91.6 cm³/mol. The van der Waals surface area contributed by atoms with E-state index < -0.39 is 0 Å². The van der Waals surface area contributed by atoms with Gasteiger partial charge < -0.3 is 14.4 Å². The highest BCUT2D eigenvalue weighted by Crippen LogP contribution is 2.15. The van der Waals surface area contributed by atoms with E-state index in [0.717, 1.165) is 5.75 Å². The van der Waals surface area contributed by atoms with Gasteiger partial charge in [-0.1, -0.05) is 29.8 Å². The Balaban J connectivity index is 1.75. The lowest BCUT2D eigenvalue weighted by atomic mass is 10.2. The summed E-state index contributed by atoms with van der Waals surface area (Å²) in [6.45, 7) is 2.74. The van der Waals surface area contributed by atoms with Crippen molar-refractivity contribution in [2.45, 2.75) is 6.92 Å². The quantitative estimate of drug-likeness (QED) is 0.700. The number of hydrogen-bond donors (Lipinski definition) is 0. The molecule has 0 fully saturated rings. The van der Waals surface area contributed by atoms with Crippen LogP contribution in [0.3, 0.4) is 0 Å². The van der Waals surface area contributed by atoms with Crippen molar-refractivity contribution >= 4 is 12.2 Å². The number of hydrogen-bond acceptors (Lipinski definition) is 4. The zero-order valence-corrected chi connectivity index (χ0v) is 13.9. The molecule has 0 N–H and O–H groups in total. The first-order valence-corrected chi connectivity index (χ1v) is 7.70. The van der Waals surface area contributed by atoms with Gasteiger partial charge in [0.15, 0.2) is 12.9 Å². The molecule has 0 unspecified atom stereocenters. The fourth-order valence-corrected chi connectivity index (χ4v) is 2.02. The fraction of sp³-hybridized carbons (Fsp3) is 0.263. The summed E-state index contributed by atoms with van der Waals surface area (Å²) < 4.78 is 11.0. The third-order valence-electron chi connectivity index (χ3n) is 3.54. The van der Waals surface area contributed by atoms with Crippen LogP contribution >= 0.6 is 0 Å². The maximum absolute atomic E-state index is 12.1. The second-order valence-electron chi connectivity index (χ2n) is 5.42. The Morgan fingerprint density at radius 1 is 1.08 bits per heavy atom. The molecular weight excluding hydrogens is 306 g/mol. The van der Waals surface area contributed by atoms with Crippen molar-refractivity contribution in [2.24, 2.45) is 0 Å². The van der Waals surface area contributed by atoms with Crippen LogP contribution in [-0.4, -0.2) is 43.9 Å². The first-order chi connectivity index (χ1) is 11.6. The number of aldehydes is 1. The van der Waals surface area contributed by atoms with E-state index in [-0.39, 0.29) is 12.5 Å². The maximum Gasteiger partial charge on any atom is 0.260 e. The summed E-state index contributed by atoms with van der Waals surface area (Å²) in [5, 5.41) is 0. The molecule has 2 rings (SSSR count). The normalized spacial score (nSPS) is 10.1. The van der Waals surface area contributed by atoms with Crippen molar-refractivity contribution in [2.75, 3.05) is 26.8 Å². The number of nitrogens with zero attached hydrogens (tertiary/aromatic N) is 1. The zero-order valence-electron chi connectivity index (χ0n) is 13.9. The minimum Gasteiger partial charge on any atom is -0.492 e. The minimum absolute atomic E-state index is 0.119. The number of ether oxygens (including phenoxy) is 2. The molecule has 0 aliphatic carbocycles. The van der Waals surface area contributed by atoms with E-state index in [9.17, 15) is 9.59 Å². The van der Waals surface area contributed by atoms with Crippen LogP contribution in [0.4, 0.5) is 0 Å². The molecule has 0 aromatic heterocycles. The number of para-hydroxylation sites is 1. The molecule has 2 aromatic rings. The largest absolute Gasteiger partial charge is 0.492 e. The molecule has 1 amide bonds. The van der Waals surface area contributed by atoms with Crippen molar-refractivity contribution in [3.8, 4) is 11.5 Å². The Morgan fingerprint density at radius 2 is 1.79 bits per heavy atom. The molecule has 0 saturated carbocycles. The maximum atomic E-state index is 12.1. The molecular formula is C19H21NO4. The lowest BCUT2D eigenvalue weighted by molar-refractivity contribution is -0.132. The number of aryl methyl sites for hydroxylation is 1. The van der Waals surface area contributed by atoms with Crippen molar-refractivity contribution in [3.63, 3.8) is 0 Å². The standard InChI is InChI=1S/C19H21NO4/c1-15-7-9-17(10-8-15)23-12-11-20(2)19(22)14-24-18-6-4-3-5-16(18)13-21/h3-10,13H,11-12,14H2,1-2H3. The zero-order chi connectivity index (χ0) is 17.4. The molecule has 0 heterocycles. The van der Waals surface area contributed by atoms with Crippen molar-refractivity contribution in [1.82, 2.24) is 4.90 Å². The van der Waals surface area contributed by atoms with Crippen LogP contribution in [0.25, 0.3) is 0 Å². The SMILES string of the molecule is Cc1ccc(OCCN(C)C(=O)COc2ccccc2C=O)cc1. The molecule has 0 bridgehead atoms. The molecule has 126 valence electrons. The van der Waals surface area contributed by atoms with Crippen LogP contribution in [0.15, 0.2) is 48.5 Å². The highest BCUT2D eigenvalue weighted by molar-refractivity contribution is 5.80. The van der Waals surface area contributed by atoms with Crippen LogP contribution in [-0.2, 0) is 4.79 Å². The molecule has 24 heavy (non-hydrogen) atoms. The summed E-state index contributed by atoms with van der Waals surface area (Å²) >= 11 is 0. The van der Waals surface area contributed by atoms with Gasteiger partial charge >= 0.3 is 0 Å². The van der Waals surface area contributed by atoms with Crippen molar-refractivity contribution < 1.29 is 19.1 Å². The van der Waals surface area contributed by atoms with Crippen LogP contribution in [0, 0.1) is 6.92 Å². The molecule has 0 aliphatic heterocycles. The summed E-state index contributed by atoms with van der Waals surface area (Å²) in [5.74, 6) is 1.01. The second kappa shape index (κ2) is 8.72. The van der Waals surface area contributed by atoms with Gasteiger partial charge in [0.05, 0.1) is 12.1 Å². The molecule has 0 atom stereocenters. The molecule has 5 heteroatoms. The van der Waals surface area contributed by atoms with E-state index in [1.807, 2.05) is 31.2 Å². The Hall–Kier alpha value is -2.82. The number of likely N-dealkylation sites (N-methyl/N-ethyl adjacent to an activating group) is 1. The summed E-state index contributed by atoms with van der Waals surface area (Å²) in [4.78, 5) is 24.5. The molecule has 0 aliphatic rings. The fourth-order valence-electron chi connectivity index (χ4n) is 2.02. The van der Waals surface area contributed by atoms with E-state index in [2.05, 4.69) is 0 Å². The molecule has 0 saturated heterocycles. The number of carbonyl (C=O) groups excluding carboxylic acids is 2. The Kier molecular flexibility index (Phi) is 6.37. The van der Waals surface area contributed by atoms with Gasteiger partial charge in [0.1, 0.15) is 18.1 Å².